The topological polar surface area (TPSA) is 41.3 Å². The van der Waals surface area contributed by atoms with Crippen LogP contribution in [0.2, 0.25) is 0 Å². The molecule has 0 aliphatic carbocycles. The molecule has 0 aromatic carbocycles. The Morgan fingerprint density at radius 2 is 1.93 bits per heavy atom. The minimum absolute atomic E-state index is 0. The number of nitrogens with two attached hydrogens (primary N) is 1. The fraction of sp³-hybridized carbons (Fsp3) is 1.00. The van der Waals surface area contributed by atoms with Crippen LogP contribution in [0.15, 0.2) is 0 Å². The van der Waals surface area contributed by atoms with Crippen molar-refractivity contribution >= 4 is 12.4 Å². The molecule has 2 rings (SSSR count). The predicted octanol–water partition coefficient (Wildman–Crippen LogP) is 0.441. The maximum Gasteiger partial charge on any atom is 0.0180 e. The molecule has 84 valence electrons. The monoisotopic (exact) mass is 219 g/mol. The van der Waals surface area contributed by atoms with Gasteiger partial charge in [0, 0.05) is 19.1 Å². The van der Waals surface area contributed by atoms with E-state index in [1.165, 1.54) is 45.4 Å². The van der Waals surface area contributed by atoms with E-state index < -0.39 is 0 Å². The van der Waals surface area contributed by atoms with E-state index >= 15 is 0 Å². The van der Waals surface area contributed by atoms with Crippen molar-refractivity contribution in [2.24, 2.45) is 11.7 Å². The Morgan fingerprint density at radius 1 is 1.21 bits per heavy atom. The zero-order valence-corrected chi connectivity index (χ0v) is 9.56. The third kappa shape index (κ3) is 3.39. The van der Waals surface area contributed by atoms with E-state index in [1.54, 1.807) is 0 Å². The van der Waals surface area contributed by atoms with Gasteiger partial charge in [-0.1, -0.05) is 0 Å². The molecule has 0 radical (unpaired) electrons. The number of halogens is 1. The molecule has 3 nitrogen and oxygen atoms in total. The van der Waals surface area contributed by atoms with Crippen LogP contribution in [0.5, 0.6) is 0 Å². The number of hydrogen-bond acceptors (Lipinski definition) is 3. The zero-order chi connectivity index (χ0) is 9.10. The highest BCUT2D eigenvalue weighted by molar-refractivity contribution is 5.85. The van der Waals surface area contributed by atoms with E-state index in [9.17, 15) is 0 Å². The van der Waals surface area contributed by atoms with Gasteiger partial charge < -0.3 is 16.0 Å². The first-order valence-electron chi connectivity index (χ1n) is 5.53. The summed E-state index contributed by atoms with van der Waals surface area (Å²) in [5.74, 6) is 0.923. The van der Waals surface area contributed by atoms with Crippen molar-refractivity contribution in [3.63, 3.8) is 0 Å². The third-order valence-corrected chi connectivity index (χ3v) is 3.28. The maximum atomic E-state index is 5.88. The van der Waals surface area contributed by atoms with Crippen molar-refractivity contribution in [1.82, 2.24) is 10.2 Å². The Hall–Kier alpha value is 0.170. The minimum Gasteiger partial charge on any atom is -0.326 e. The standard InChI is InChI=1S/C10H21N3.ClH/c11-10-3-6-13(8-10)7-9-1-4-12-5-2-9;/h9-10,12H,1-8,11H2;1H/t10-;/m0./s1. The Morgan fingerprint density at radius 3 is 2.50 bits per heavy atom. The molecule has 2 saturated heterocycles. The number of nitrogens with zero attached hydrogens (tertiary/aromatic N) is 1. The first kappa shape index (κ1) is 12.2. The van der Waals surface area contributed by atoms with E-state index in [1.807, 2.05) is 0 Å². The second-order valence-corrected chi connectivity index (χ2v) is 4.50. The quantitative estimate of drug-likeness (QED) is 0.709. The van der Waals surface area contributed by atoms with Crippen LogP contribution < -0.4 is 11.1 Å². The number of hydrogen-bond donors (Lipinski definition) is 2. The van der Waals surface area contributed by atoms with Gasteiger partial charge in [-0.2, -0.15) is 0 Å². The first-order valence-corrected chi connectivity index (χ1v) is 5.53. The third-order valence-electron chi connectivity index (χ3n) is 3.28. The molecule has 0 unspecified atom stereocenters. The van der Waals surface area contributed by atoms with E-state index in [-0.39, 0.29) is 12.4 Å². The van der Waals surface area contributed by atoms with E-state index in [4.69, 9.17) is 5.73 Å². The highest BCUT2D eigenvalue weighted by atomic mass is 35.5. The highest BCUT2D eigenvalue weighted by Crippen LogP contribution is 2.16. The van der Waals surface area contributed by atoms with Crippen molar-refractivity contribution in [3.8, 4) is 0 Å². The van der Waals surface area contributed by atoms with Crippen LogP contribution in [-0.4, -0.2) is 43.7 Å². The molecule has 2 heterocycles. The average Bonchev–Trinajstić information content (AvgIpc) is 2.53. The van der Waals surface area contributed by atoms with Crippen molar-refractivity contribution in [2.75, 3.05) is 32.7 Å². The molecule has 0 amide bonds. The van der Waals surface area contributed by atoms with Crippen LogP contribution in [0.1, 0.15) is 19.3 Å². The number of likely N-dealkylation sites (tertiary alicyclic amines) is 1. The largest absolute Gasteiger partial charge is 0.326 e. The van der Waals surface area contributed by atoms with Gasteiger partial charge >= 0.3 is 0 Å². The Kier molecular flexibility index (Phi) is 5.17. The lowest BCUT2D eigenvalue weighted by atomic mass is 9.98. The molecule has 3 N–H and O–H groups in total. The molecule has 0 saturated carbocycles. The summed E-state index contributed by atoms with van der Waals surface area (Å²) in [7, 11) is 0. The summed E-state index contributed by atoms with van der Waals surface area (Å²) in [5.41, 5.74) is 5.88. The number of piperidine rings is 1. The van der Waals surface area contributed by atoms with Crippen LogP contribution in [0.4, 0.5) is 0 Å². The molecule has 1 atom stereocenters. The summed E-state index contributed by atoms with van der Waals surface area (Å²) in [6.07, 6.45) is 3.91. The van der Waals surface area contributed by atoms with Gasteiger partial charge in [-0.3, -0.25) is 0 Å². The molecule has 0 bridgehead atoms. The summed E-state index contributed by atoms with van der Waals surface area (Å²) in [6, 6.07) is 0.446. The molecular formula is C10H22ClN3. The Bertz CT molecular complexity index is 157. The molecule has 4 heteroatoms. The van der Waals surface area contributed by atoms with Crippen LogP contribution >= 0.6 is 12.4 Å². The van der Waals surface area contributed by atoms with Gasteiger partial charge in [-0.25, -0.2) is 0 Å². The van der Waals surface area contributed by atoms with Crippen molar-refractivity contribution in [1.29, 1.82) is 0 Å². The molecule has 0 aromatic rings. The predicted molar refractivity (Wildman–Crippen MR) is 61.9 cm³/mol. The molecule has 2 aliphatic heterocycles. The lowest BCUT2D eigenvalue weighted by molar-refractivity contribution is 0.239. The summed E-state index contributed by atoms with van der Waals surface area (Å²) in [6.45, 7) is 6.07. The fourth-order valence-electron chi connectivity index (χ4n) is 2.46. The SMILES string of the molecule is Cl.N[C@H]1CCN(CC2CCNCC2)C1. The van der Waals surface area contributed by atoms with Crippen molar-refractivity contribution < 1.29 is 0 Å². The van der Waals surface area contributed by atoms with Crippen molar-refractivity contribution in [3.05, 3.63) is 0 Å². The summed E-state index contributed by atoms with van der Waals surface area (Å²) in [5, 5.41) is 3.41. The first-order chi connectivity index (χ1) is 6.34. The van der Waals surface area contributed by atoms with E-state index in [2.05, 4.69) is 10.2 Å². The smallest absolute Gasteiger partial charge is 0.0180 e. The van der Waals surface area contributed by atoms with Crippen molar-refractivity contribution in [2.45, 2.75) is 25.3 Å². The normalized spacial score (nSPS) is 30.2. The maximum absolute atomic E-state index is 5.88. The van der Waals surface area contributed by atoms with Gasteiger partial charge in [0.05, 0.1) is 0 Å². The minimum atomic E-state index is 0. The van der Waals surface area contributed by atoms with Gasteiger partial charge in [-0.15, -0.1) is 12.4 Å². The Labute approximate surface area is 92.8 Å². The molecular weight excluding hydrogens is 198 g/mol. The highest BCUT2D eigenvalue weighted by Gasteiger charge is 2.22. The number of rotatable bonds is 2. The summed E-state index contributed by atoms with van der Waals surface area (Å²) >= 11 is 0. The average molecular weight is 220 g/mol. The fourth-order valence-corrected chi connectivity index (χ4v) is 2.46. The second-order valence-electron chi connectivity index (χ2n) is 4.50. The molecule has 14 heavy (non-hydrogen) atoms. The van der Waals surface area contributed by atoms with E-state index in [0.29, 0.717) is 6.04 Å². The number of nitrogens with one attached hydrogen (secondary N) is 1. The van der Waals surface area contributed by atoms with E-state index in [0.717, 1.165) is 12.5 Å². The lowest BCUT2D eigenvalue weighted by Gasteiger charge is -2.27. The van der Waals surface area contributed by atoms with Gasteiger partial charge in [-0.05, 0) is 44.8 Å². The van der Waals surface area contributed by atoms with Gasteiger partial charge in [0.1, 0.15) is 0 Å². The van der Waals surface area contributed by atoms with Crippen LogP contribution in [0.25, 0.3) is 0 Å². The van der Waals surface area contributed by atoms with Gasteiger partial charge in [0.25, 0.3) is 0 Å². The van der Waals surface area contributed by atoms with Gasteiger partial charge in [0.15, 0.2) is 0 Å². The molecule has 0 spiro atoms. The lowest BCUT2D eigenvalue weighted by Crippen LogP contribution is -2.36. The molecule has 0 aromatic heterocycles. The summed E-state index contributed by atoms with van der Waals surface area (Å²) in [4.78, 5) is 2.54. The molecule has 2 aliphatic rings. The van der Waals surface area contributed by atoms with Crippen LogP contribution in [-0.2, 0) is 0 Å². The van der Waals surface area contributed by atoms with Gasteiger partial charge in [0.2, 0.25) is 0 Å². The van der Waals surface area contributed by atoms with Crippen LogP contribution in [0.3, 0.4) is 0 Å². The summed E-state index contributed by atoms with van der Waals surface area (Å²) < 4.78 is 0. The zero-order valence-electron chi connectivity index (χ0n) is 8.74. The van der Waals surface area contributed by atoms with Crippen LogP contribution in [0, 0.1) is 5.92 Å². The molecule has 2 fully saturated rings. The Balaban J connectivity index is 0.000000980. The second kappa shape index (κ2) is 5.91.